The summed E-state index contributed by atoms with van der Waals surface area (Å²) in [5.74, 6) is 1.01. The first-order valence-corrected chi connectivity index (χ1v) is 9.68. The van der Waals surface area contributed by atoms with Crippen molar-refractivity contribution in [3.05, 3.63) is 29.3 Å². The zero-order chi connectivity index (χ0) is 20.0. The van der Waals surface area contributed by atoms with Crippen molar-refractivity contribution in [1.82, 2.24) is 15.1 Å². The molecular weight excluding hydrogens is 342 g/mol. The Bertz CT molecular complexity index is 662. The van der Waals surface area contributed by atoms with Crippen LogP contribution in [0.2, 0.25) is 0 Å². The Labute approximate surface area is 162 Å². The summed E-state index contributed by atoms with van der Waals surface area (Å²) in [6.45, 7) is 7.30. The van der Waals surface area contributed by atoms with Crippen LogP contribution in [0.4, 0.5) is 0 Å². The molecule has 0 spiro atoms. The quantitative estimate of drug-likeness (QED) is 0.756. The van der Waals surface area contributed by atoms with Gasteiger partial charge >= 0.3 is 0 Å². The summed E-state index contributed by atoms with van der Waals surface area (Å²) >= 11 is 0. The fourth-order valence-corrected chi connectivity index (χ4v) is 3.48. The van der Waals surface area contributed by atoms with Crippen molar-refractivity contribution in [3.63, 3.8) is 0 Å². The normalized spacial score (nSPS) is 19.7. The third kappa shape index (κ3) is 6.24. The van der Waals surface area contributed by atoms with Crippen molar-refractivity contribution >= 4 is 11.8 Å². The van der Waals surface area contributed by atoms with Crippen molar-refractivity contribution in [2.75, 3.05) is 33.8 Å². The van der Waals surface area contributed by atoms with Crippen LogP contribution in [0.3, 0.4) is 0 Å². The van der Waals surface area contributed by atoms with Crippen molar-refractivity contribution in [2.24, 2.45) is 0 Å². The van der Waals surface area contributed by atoms with E-state index in [0.717, 1.165) is 29.7 Å². The minimum absolute atomic E-state index is 0.00786. The summed E-state index contributed by atoms with van der Waals surface area (Å²) in [5, 5.41) is 2.87. The van der Waals surface area contributed by atoms with Crippen molar-refractivity contribution in [2.45, 2.75) is 52.1 Å². The molecule has 1 aromatic rings. The molecule has 2 rings (SSSR count). The number of rotatable bonds is 8. The van der Waals surface area contributed by atoms with Gasteiger partial charge in [-0.05, 0) is 50.9 Å². The van der Waals surface area contributed by atoms with E-state index in [1.165, 1.54) is 6.92 Å². The highest BCUT2D eigenvalue weighted by atomic mass is 16.5. The van der Waals surface area contributed by atoms with Gasteiger partial charge in [0.2, 0.25) is 11.8 Å². The van der Waals surface area contributed by atoms with Crippen LogP contribution >= 0.6 is 0 Å². The van der Waals surface area contributed by atoms with Crippen LogP contribution < -0.4 is 10.1 Å². The van der Waals surface area contributed by atoms with E-state index >= 15 is 0 Å². The van der Waals surface area contributed by atoms with Gasteiger partial charge in [0.05, 0.1) is 6.54 Å². The molecule has 0 aromatic heterocycles. The van der Waals surface area contributed by atoms with Gasteiger partial charge in [-0.2, -0.15) is 0 Å². The number of carbonyl (C=O) groups excluding carboxylic acids is 2. The van der Waals surface area contributed by atoms with Gasteiger partial charge in [-0.3, -0.25) is 14.5 Å². The summed E-state index contributed by atoms with van der Waals surface area (Å²) in [5.41, 5.74) is 2.27. The molecule has 150 valence electrons. The number of nitrogens with one attached hydrogen (secondary N) is 1. The second-order valence-corrected chi connectivity index (χ2v) is 7.62. The molecule has 1 fully saturated rings. The number of likely N-dealkylation sites (N-methyl/N-ethyl adjacent to an activating group) is 2. The minimum atomic E-state index is -0.00786. The van der Waals surface area contributed by atoms with Gasteiger partial charge in [0.1, 0.15) is 12.4 Å². The lowest BCUT2D eigenvalue weighted by molar-refractivity contribution is -0.131. The van der Waals surface area contributed by atoms with Crippen LogP contribution in [0.15, 0.2) is 18.2 Å². The van der Waals surface area contributed by atoms with Crippen LogP contribution in [0.25, 0.3) is 0 Å². The molecule has 0 radical (unpaired) electrons. The van der Waals surface area contributed by atoms with E-state index in [1.54, 1.807) is 4.90 Å². The van der Waals surface area contributed by atoms with Gasteiger partial charge in [0.25, 0.3) is 0 Å². The fourth-order valence-electron chi connectivity index (χ4n) is 3.48. The van der Waals surface area contributed by atoms with Crippen molar-refractivity contribution in [3.8, 4) is 5.75 Å². The molecule has 0 aliphatic carbocycles. The van der Waals surface area contributed by atoms with Crippen LogP contribution in [0, 0.1) is 13.8 Å². The van der Waals surface area contributed by atoms with E-state index in [2.05, 4.69) is 16.3 Å². The number of amides is 2. The highest BCUT2D eigenvalue weighted by Gasteiger charge is 2.32. The highest BCUT2D eigenvalue weighted by Crippen LogP contribution is 2.24. The molecule has 1 saturated heterocycles. The molecule has 27 heavy (non-hydrogen) atoms. The average molecular weight is 376 g/mol. The van der Waals surface area contributed by atoms with Crippen LogP contribution in [-0.2, 0) is 9.59 Å². The lowest BCUT2D eigenvalue weighted by Crippen LogP contribution is -2.42. The predicted molar refractivity (Wildman–Crippen MR) is 107 cm³/mol. The van der Waals surface area contributed by atoms with Gasteiger partial charge in [-0.25, -0.2) is 0 Å². The van der Waals surface area contributed by atoms with Crippen LogP contribution in [0.1, 0.15) is 37.3 Å². The second kappa shape index (κ2) is 9.74. The molecule has 0 bridgehead atoms. The third-order valence-electron chi connectivity index (χ3n) is 5.44. The van der Waals surface area contributed by atoms with Crippen LogP contribution in [-0.4, -0.2) is 67.5 Å². The first kappa shape index (κ1) is 21.2. The monoisotopic (exact) mass is 375 g/mol. The molecule has 2 amide bonds. The molecule has 1 N–H and O–H groups in total. The van der Waals surface area contributed by atoms with E-state index in [4.69, 9.17) is 4.74 Å². The summed E-state index contributed by atoms with van der Waals surface area (Å²) in [6, 6.07) is 6.69. The van der Waals surface area contributed by atoms with Gasteiger partial charge < -0.3 is 15.0 Å². The molecule has 2 atom stereocenters. The average Bonchev–Trinajstić information content (AvgIpc) is 2.96. The third-order valence-corrected chi connectivity index (χ3v) is 5.44. The number of benzene rings is 1. The molecule has 1 aromatic carbocycles. The Morgan fingerprint density at radius 3 is 2.67 bits per heavy atom. The van der Waals surface area contributed by atoms with E-state index in [9.17, 15) is 9.59 Å². The first-order valence-electron chi connectivity index (χ1n) is 9.68. The molecule has 0 unspecified atom stereocenters. The van der Waals surface area contributed by atoms with E-state index in [1.807, 2.05) is 40.1 Å². The lowest BCUT2D eigenvalue weighted by Gasteiger charge is -2.27. The SMILES string of the molecule is CC(=O)NC[C@H]1CC[C@@H](CC(=O)N(C)CCOc2cc(C)ccc2C)N1C. The van der Waals surface area contributed by atoms with Crippen molar-refractivity contribution < 1.29 is 14.3 Å². The maximum absolute atomic E-state index is 12.6. The zero-order valence-corrected chi connectivity index (χ0v) is 17.2. The zero-order valence-electron chi connectivity index (χ0n) is 17.2. The predicted octanol–water partition coefficient (Wildman–Crippen LogP) is 2.13. The van der Waals surface area contributed by atoms with E-state index in [0.29, 0.717) is 32.2 Å². The summed E-state index contributed by atoms with van der Waals surface area (Å²) < 4.78 is 5.86. The molecule has 1 heterocycles. The van der Waals surface area contributed by atoms with Gasteiger partial charge in [-0.15, -0.1) is 0 Å². The van der Waals surface area contributed by atoms with E-state index < -0.39 is 0 Å². The number of nitrogens with zero attached hydrogens (tertiary/aromatic N) is 2. The molecular formula is C21H33N3O3. The Kier molecular flexibility index (Phi) is 7.66. The summed E-state index contributed by atoms with van der Waals surface area (Å²) in [6.07, 6.45) is 2.50. The standard InChI is InChI=1S/C21H33N3O3/c1-15-6-7-16(2)20(12-15)27-11-10-23(4)21(26)13-18-8-9-19(24(18)5)14-22-17(3)25/h6-7,12,18-19H,8-11,13-14H2,1-5H3,(H,22,25)/t18-,19+/m0/s1. The maximum atomic E-state index is 12.6. The number of likely N-dealkylation sites (tertiary alicyclic amines) is 1. The molecule has 0 saturated carbocycles. The largest absolute Gasteiger partial charge is 0.491 e. The van der Waals surface area contributed by atoms with E-state index in [-0.39, 0.29) is 17.9 Å². The Morgan fingerprint density at radius 1 is 1.26 bits per heavy atom. The smallest absolute Gasteiger partial charge is 0.224 e. The molecule has 6 heteroatoms. The number of ether oxygens (including phenoxy) is 1. The lowest BCUT2D eigenvalue weighted by atomic mass is 10.1. The number of hydrogen-bond acceptors (Lipinski definition) is 4. The number of hydrogen-bond donors (Lipinski definition) is 1. The molecule has 6 nitrogen and oxygen atoms in total. The number of aryl methyl sites for hydroxylation is 2. The summed E-state index contributed by atoms with van der Waals surface area (Å²) in [4.78, 5) is 27.6. The Morgan fingerprint density at radius 2 is 1.96 bits per heavy atom. The number of carbonyl (C=O) groups is 2. The van der Waals surface area contributed by atoms with Gasteiger partial charge in [-0.1, -0.05) is 12.1 Å². The minimum Gasteiger partial charge on any atom is -0.491 e. The van der Waals surface area contributed by atoms with Gasteiger partial charge in [0, 0.05) is 39.0 Å². The Hall–Kier alpha value is -2.08. The second-order valence-electron chi connectivity index (χ2n) is 7.62. The topological polar surface area (TPSA) is 61.9 Å². The first-order chi connectivity index (χ1) is 12.8. The fraction of sp³-hybridized carbons (Fsp3) is 0.619. The van der Waals surface area contributed by atoms with Gasteiger partial charge in [0.15, 0.2) is 0 Å². The summed E-state index contributed by atoms with van der Waals surface area (Å²) in [7, 11) is 3.87. The maximum Gasteiger partial charge on any atom is 0.224 e. The van der Waals surface area contributed by atoms with Crippen molar-refractivity contribution in [1.29, 1.82) is 0 Å². The highest BCUT2D eigenvalue weighted by molar-refractivity contribution is 5.76. The molecule has 1 aliphatic heterocycles. The van der Waals surface area contributed by atoms with Crippen LogP contribution in [0.5, 0.6) is 5.75 Å². The Balaban J connectivity index is 1.75. The molecule has 1 aliphatic rings.